The van der Waals surface area contributed by atoms with Gasteiger partial charge in [0.2, 0.25) is 0 Å². The minimum Gasteiger partial charge on any atom is -0.493 e. The number of benzene rings is 1. The molecule has 21 heavy (non-hydrogen) atoms. The normalized spacial score (nSPS) is 11.8. The average molecular weight is 297 g/mol. The van der Waals surface area contributed by atoms with E-state index in [2.05, 4.69) is 33.0 Å². The van der Waals surface area contributed by atoms with Crippen molar-refractivity contribution in [3.8, 4) is 11.5 Å². The van der Waals surface area contributed by atoms with Crippen LogP contribution in [0.5, 0.6) is 11.5 Å². The highest BCUT2D eigenvalue weighted by molar-refractivity contribution is 5.43. The Morgan fingerprint density at radius 3 is 2.24 bits per heavy atom. The summed E-state index contributed by atoms with van der Waals surface area (Å²) in [5.74, 6) is 0.770. The maximum absolute atomic E-state index is 14.1. The highest BCUT2D eigenvalue weighted by atomic mass is 19.1. The molecule has 0 saturated heterocycles. The van der Waals surface area contributed by atoms with Crippen LogP contribution in [0.25, 0.3) is 0 Å². The van der Waals surface area contributed by atoms with Gasteiger partial charge >= 0.3 is 0 Å². The lowest BCUT2D eigenvalue weighted by molar-refractivity contribution is 0.302. The molecular weight excluding hydrogens is 269 g/mol. The van der Waals surface area contributed by atoms with Gasteiger partial charge in [-0.05, 0) is 29.9 Å². The lowest BCUT2D eigenvalue weighted by Crippen LogP contribution is -2.34. The molecule has 4 heteroatoms. The average Bonchev–Trinajstić information content (AvgIpc) is 2.43. The molecule has 0 amide bonds. The molecule has 0 atom stereocenters. The molecule has 0 saturated carbocycles. The van der Waals surface area contributed by atoms with Gasteiger partial charge in [-0.2, -0.15) is 0 Å². The van der Waals surface area contributed by atoms with E-state index in [1.54, 1.807) is 13.2 Å². The van der Waals surface area contributed by atoms with Crippen LogP contribution in [0, 0.1) is 11.2 Å². The molecule has 0 bridgehead atoms. The zero-order valence-corrected chi connectivity index (χ0v) is 14.0. The van der Waals surface area contributed by atoms with Crippen molar-refractivity contribution in [3.63, 3.8) is 0 Å². The van der Waals surface area contributed by atoms with Gasteiger partial charge in [0.25, 0.3) is 0 Å². The van der Waals surface area contributed by atoms with Crippen LogP contribution in [0.15, 0.2) is 12.1 Å². The van der Waals surface area contributed by atoms with Crippen LogP contribution >= 0.6 is 0 Å². The maximum atomic E-state index is 14.1. The van der Waals surface area contributed by atoms with Crippen molar-refractivity contribution in [2.24, 2.45) is 5.41 Å². The van der Waals surface area contributed by atoms with Gasteiger partial charge in [0, 0.05) is 18.7 Å². The zero-order valence-electron chi connectivity index (χ0n) is 14.0. The van der Waals surface area contributed by atoms with Crippen LogP contribution < -0.4 is 14.8 Å². The van der Waals surface area contributed by atoms with E-state index < -0.39 is 0 Å². The molecule has 0 radical (unpaired) electrons. The van der Waals surface area contributed by atoms with Crippen molar-refractivity contribution < 1.29 is 13.9 Å². The molecule has 120 valence electrons. The summed E-state index contributed by atoms with van der Waals surface area (Å²) >= 11 is 0. The quantitative estimate of drug-likeness (QED) is 0.791. The van der Waals surface area contributed by atoms with Crippen LogP contribution in [0.1, 0.15) is 39.7 Å². The molecule has 0 aliphatic rings. The molecule has 3 nitrogen and oxygen atoms in total. The Balaban J connectivity index is 2.74. The Kier molecular flexibility index (Phi) is 6.46. The van der Waals surface area contributed by atoms with Crippen LogP contribution in [0.2, 0.25) is 0 Å². The lowest BCUT2D eigenvalue weighted by atomic mass is 9.86. The van der Waals surface area contributed by atoms with E-state index in [0.717, 1.165) is 13.0 Å². The molecule has 0 aromatic heterocycles. The summed E-state index contributed by atoms with van der Waals surface area (Å²) < 4.78 is 24.4. The molecular formula is C17H28FNO2. The van der Waals surface area contributed by atoms with Gasteiger partial charge in [0.1, 0.15) is 5.82 Å². The van der Waals surface area contributed by atoms with Gasteiger partial charge in [-0.3, -0.25) is 0 Å². The van der Waals surface area contributed by atoms with E-state index in [1.807, 2.05) is 0 Å². The van der Waals surface area contributed by atoms with E-state index in [-0.39, 0.29) is 11.2 Å². The van der Waals surface area contributed by atoms with Crippen molar-refractivity contribution in [1.82, 2.24) is 5.32 Å². The highest BCUT2D eigenvalue weighted by Crippen LogP contribution is 2.32. The molecule has 1 aromatic carbocycles. The number of hydrogen-bond acceptors (Lipinski definition) is 3. The monoisotopic (exact) mass is 297 g/mol. The summed E-state index contributed by atoms with van der Waals surface area (Å²) in [6.07, 6.45) is 1.58. The molecule has 0 aliphatic heterocycles. The minimum atomic E-state index is -0.236. The lowest BCUT2D eigenvalue weighted by Gasteiger charge is -2.26. The second-order valence-corrected chi connectivity index (χ2v) is 6.50. The number of hydrogen-bond donors (Lipinski definition) is 1. The first-order chi connectivity index (χ1) is 9.79. The van der Waals surface area contributed by atoms with Crippen molar-refractivity contribution in [2.45, 2.75) is 46.6 Å². The third-order valence-corrected chi connectivity index (χ3v) is 3.61. The highest BCUT2D eigenvalue weighted by Gasteiger charge is 2.20. The summed E-state index contributed by atoms with van der Waals surface area (Å²) in [6, 6.07) is 3.59. The second-order valence-electron chi connectivity index (χ2n) is 6.50. The number of rotatable bonds is 8. The SMILES string of the molecule is COc1cc(F)c(CCC(C)(C)CNC(C)C)cc1OC. The predicted octanol–water partition coefficient (Wildman–Crippen LogP) is 3.80. The minimum absolute atomic E-state index is 0.115. The molecule has 0 fully saturated rings. The maximum Gasteiger partial charge on any atom is 0.163 e. The van der Waals surface area contributed by atoms with E-state index in [9.17, 15) is 4.39 Å². The van der Waals surface area contributed by atoms with Gasteiger partial charge in [-0.25, -0.2) is 4.39 Å². The summed E-state index contributed by atoms with van der Waals surface area (Å²) in [5, 5.41) is 3.44. The largest absolute Gasteiger partial charge is 0.493 e. The van der Waals surface area contributed by atoms with Gasteiger partial charge in [-0.15, -0.1) is 0 Å². The fourth-order valence-electron chi connectivity index (χ4n) is 2.13. The molecule has 1 N–H and O–H groups in total. The molecule has 0 heterocycles. The number of aryl methyl sites for hydroxylation is 1. The van der Waals surface area contributed by atoms with E-state index in [1.165, 1.54) is 13.2 Å². The molecule has 0 spiro atoms. The van der Waals surface area contributed by atoms with E-state index in [4.69, 9.17) is 9.47 Å². The first kappa shape index (κ1) is 17.8. The third-order valence-electron chi connectivity index (χ3n) is 3.61. The van der Waals surface area contributed by atoms with Crippen LogP contribution in [0.4, 0.5) is 4.39 Å². The van der Waals surface area contributed by atoms with Crippen molar-refractivity contribution >= 4 is 0 Å². The Morgan fingerprint density at radius 2 is 1.71 bits per heavy atom. The second kappa shape index (κ2) is 7.64. The van der Waals surface area contributed by atoms with E-state index in [0.29, 0.717) is 29.5 Å². The van der Waals surface area contributed by atoms with Crippen molar-refractivity contribution in [2.75, 3.05) is 20.8 Å². The first-order valence-corrected chi connectivity index (χ1v) is 7.43. The molecule has 1 aromatic rings. The van der Waals surface area contributed by atoms with Gasteiger partial charge in [0.15, 0.2) is 11.5 Å². The van der Waals surface area contributed by atoms with Crippen LogP contribution in [-0.4, -0.2) is 26.8 Å². The van der Waals surface area contributed by atoms with Crippen LogP contribution in [-0.2, 0) is 6.42 Å². The molecule has 0 aliphatic carbocycles. The Morgan fingerprint density at radius 1 is 1.14 bits per heavy atom. The van der Waals surface area contributed by atoms with Crippen LogP contribution in [0.3, 0.4) is 0 Å². The Bertz CT molecular complexity index is 458. The zero-order chi connectivity index (χ0) is 16.0. The number of nitrogens with one attached hydrogen (secondary N) is 1. The summed E-state index contributed by atoms with van der Waals surface area (Å²) in [7, 11) is 3.08. The first-order valence-electron chi connectivity index (χ1n) is 7.43. The third kappa shape index (κ3) is 5.54. The standard InChI is InChI=1S/C17H28FNO2/c1-12(2)19-11-17(3,4)8-7-13-9-15(20-5)16(21-6)10-14(13)18/h9-10,12,19H,7-8,11H2,1-6H3. The fraction of sp³-hybridized carbons (Fsp3) is 0.647. The van der Waals surface area contributed by atoms with Gasteiger partial charge < -0.3 is 14.8 Å². The summed E-state index contributed by atoms with van der Waals surface area (Å²) in [6.45, 7) is 9.57. The fourth-order valence-corrected chi connectivity index (χ4v) is 2.13. The number of halogens is 1. The Labute approximate surface area is 127 Å². The predicted molar refractivity (Wildman–Crippen MR) is 84.7 cm³/mol. The Hall–Kier alpha value is -1.29. The van der Waals surface area contributed by atoms with Gasteiger partial charge in [-0.1, -0.05) is 27.7 Å². The molecule has 0 unspecified atom stereocenters. The van der Waals surface area contributed by atoms with Crippen molar-refractivity contribution in [1.29, 1.82) is 0 Å². The van der Waals surface area contributed by atoms with E-state index >= 15 is 0 Å². The number of methoxy groups -OCH3 is 2. The van der Waals surface area contributed by atoms with Crippen molar-refractivity contribution in [3.05, 3.63) is 23.5 Å². The number of ether oxygens (including phenoxy) is 2. The summed E-state index contributed by atoms with van der Waals surface area (Å²) in [4.78, 5) is 0. The molecule has 1 rings (SSSR count). The smallest absolute Gasteiger partial charge is 0.163 e. The summed E-state index contributed by atoms with van der Waals surface area (Å²) in [5.41, 5.74) is 0.787. The van der Waals surface area contributed by atoms with Gasteiger partial charge in [0.05, 0.1) is 14.2 Å². The topological polar surface area (TPSA) is 30.5 Å².